The van der Waals surface area contributed by atoms with E-state index in [2.05, 4.69) is 20.6 Å². The first-order chi connectivity index (χ1) is 20.2. The third kappa shape index (κ3) is 5.82. The van der Waals surface area contributed by atoms with E-state index in [-0.39, 0.29) is 18.0 Å². The molecule has 13 heteroatoms. The first-order valence-electron chi connectivity index (χ1n) is 13.8. The summed E-state index contributed by atoms with van der Waals surface area (Å²) in [5.74, 6) is 0.153. The van der Waals surface area contributed by atoms with Crippen LogP contribution in [0.2, 0.25) is 5.02 Å². The van der Waals surface area contributed by atoms with E-state index in [0.29, 0.717) is 36.2 Å². The molecule has 0 bridgehead atoms. The van der Waals surface area contributed by atoms with Gasteiger partial charge in [-0.3, -0.25) is 5.32 Å². The number of benzene rings is 1. The summed E-state index contributed by atoms with van der Waals surface area (Å²) < 4.78 is 7.33. The smallest absolute Gasteiger partial charge is 0.410 e. The molecule has 0 saturated carbocycles. The van der Waals surface area contributed by atoms with Gasteiger partial charge in [0, 0.05) is 43.2 Å². The van der Waals surface area contributed by atoms with Crippen molar-refractivity contribution in [2.75, 3.05) is 25.0 Å². The molecule has 6 rings (SSSR count). The van der Waals surface area contributed by atoms with E-state index in [9.17, 15) is 9.59 Å². The number of aryl methyl sites for hydroxylation is 1. The van der Waals surface area contributed by atoms with Gasteiger partial charge in [-0.15, -0.1) is 0 Å². The highest BCUT2D eigenvalue weighted by atomic mass is 35.5. The predicted molar refractivity (Wildman–Crippen MR) is 161 cm³/mol. The summed E-state index contributed by atoms with van der Waals surface area (Å²) in [4.78, 5) is 41.0. The Bertz CT molecular complexity index is 1630. The molecule has 1 atom stereocenters. The number of hydrogen-bond acceptors (Lipinski definition) is 8. The minimum Gasteiger partial charge on any atom is -0.444 e. The number of ether oxygens (including phenoxy) is 1. The van der Waals surface area contributed by atoms with E-state index < -0.39 is 5.60 Å². The Morgan fingerprint density at radius 3 is 2.71 bits per heavy atom. The molecule has 0 spiro atoms. The standard InChI is InChI=1S/C29H31ClN8O3S/c1-29(2,3)41-28(40)37-11-10-17(15-37)12-33-26(39)35-27-34-21-9-8-19-23(18-13-31-16-32-14-18)36-38(24(19)25(21)42-27)22-7-5-4-6-20(22)30/h4-7,13-14,16-17H,8-12,15H2,1-3H3,(H2,33,34,35,39). The maximum atomic E-state index is 12.8. The number of carbonyl (C=O) groups excluding carboxylic acids is 2. The molecule has 1 aromatic carbocycles. The molecule has 1 aliphatic heterocycles. The highest BCUT2D eigenvalue weighted by molar-refractivity contribution is 7.19. The first-order valence-corrected chi connectivity index (χ1v) is 15.0. The molecule has 2 aliphatic rings. The highest BCUT2D eigenvalue weighted by Gasteiger charge is 2.32. The van der Waals surface area contributed by atoms with E-state index in [4.69, 9.17) is 26.4 Å². The number of halogens is 1. The number of nitrogens with zero attached hydrogens (tertiary/aromatic N) is 6. The number of urea groups is 1. The fourth-order valence-electron chi connectivity index (χ4n) is 5.24. The van der Waals surface area contributed by atoms with Crippen LogP contribution in [-0.2, 0) is 17.6 Å². The van der Waals surface area contributed by atoms with Crippen LogP contribution in [0.3, 0.4) is 0 Å². The lowest BCUT2D eigenvalue weighted by Gasteiger charge is -2.24. The van der Waals surface area contributed by atoms with E-state index >= 15 is 0 Å². The Labute approximate surface area is 252 Å². The fourth-order valence-corrected chi connectivity index (χ4v) is 6.53. The average molecular weight is 607 g/mol. The lowest BCUT2D eigenvalue weighted by Crippen LogP contribution is -2.37. The SMILES string of the molecule is CC(C)(C)OC(=O)N1CCC(CNC(=O)Nc2nc3c(s2)-c2c(c(-c4cncnc4)nn2-c2ccccc2Cl)CC3)C1. The quantitative estimate of drug-likeness (QED) is 0.303. The normalized spacial score (nSPS) is 16.1. The zero-order valence-electron chi connectivity index (χ0n) is 23.6. The summed E-state index contributed by atoms with van der Waals surface area (Å²) in [5, 5.41) is 11.9. The Balaban J connectivity index is 1.19. The Morgan fingerprint density at radius 2 is 1.95 bits per heavy atom. The molecule has 1 unspecified atom stereocenters. The fraction of sp³-hybridized carbons (Fsp3) is 0.379. The Hall–Kier alpha value is -4.03. The van der Waals surface area contributed by atoms with Gasteiger partial charge in [0.2, 0.25) is 0 Å². The summed E-state index contributed by atoms with van der Waals surface area (Å²) in [6.45, 7) is 7.16. The van der Waals surface area contributed by atoms with Gasteiger partial charge >= 0.3 is 12.1 Å². The molecular formula is C29H31ClN8O3S. The van der Waals surface area contributed by atoms with Crippen molar-refractivity contribution in [3.05, 3.63) is 59.3 Å². The molecule has 4 heterocycles. The van der Waals surface area contributed by atoms with Crippen molar-refractivity contribution >= 4 is 40.2 Å². The maximum Gasteiger partial charge on any atom is 0.410 e. The van der Waals surface area contributed by atoms with E-state index in [0.717, 1.165) is 51.6 Å². The van der Waals surface area contributed by atoms with E-state index in [1.165, 1.54) is 17.7 Å². The van der Waals surface area contributed by atoms with Gasteiger partial charge in [0.15, 0.2) is 5.13 Å². The summed E-state index contributed by atoms with van der Waals surface area (Å²) in [6, 6.07) is 7.23. The summed E-state index contributed by atoms with van der Waals surface area (Å²) in [6.07, 6.45) is 6.92. The molecule has 3 amide bonds. The number of aromatic nitrogens is 5. The van der Waals surface area contributed by atoms with Crippen LogP contribution in [-0.4, -0.2) is 67.0 Å². The summed E-state index contributed by atoms with van der Waals surface area (Å²) >= 11 is 8.02. The molecular weight excluding hydrogens is 576 g/mol. The highest BCUT2D eigenvalue weighted by Crippen LogP contribution is 2.44. The number of fused-ring (bicyclic) bond motifs is 3. The number of para-hydroxylation sites is 1. The average Bonchev–Trinajstić information content (AvgIpc) is 3.68. The van der Waals surface area contributed by atoms with Crippen molar-refractivity contribution in [3.63, 3.8) is 0 Å². The van der Waals surface area contributed by atoms with E-state index in [1.807, 2.05) is 49.7 Å². The van der Waals surface area contributed by atoms with Crippen LogP contribution in [0.1, 0.15) is 38.4 Å². The van der Waals surface area contributed by atoms with Crippen molar-refractivity contribution in [3.8, 4) is 27.5 Å². The largest absolute Gasteiger partial charge is 0.444 e. The molecule has 1 saturated heterocycles. The van der Waals surface area contributed by atoms with Crippen molar-refractivity contribution in [1.29, 1.82) is 0 Å². The molecule has 0 radical (unpaired) electrons. The second-order valence-corrected chi connectivity index (χ2v) is 12.8. The van der Waals surface area contributed by atoms with Crippen LogP contribution in [0.15, 0.2) is 43.0 Å². The van der Waals surface area contributed by atoms with Crippen molar-refractivity contribution < 1.29 is 14.3 Å². The molecule has 42 heavy (non-hydrogen) atoms. The molecule has 4 aromatic rings. The van der Waals surface area contributed by atoms with Crippen molar-refractivity contribution in [2.45, 2.75) is 45.6 Å². The number of nitrogens with one attached hydrogen (secondary N) is 2. The van der Waals surface area contributed by atoms with Gasteiger partial charge in [0.1, 0.15) is 11.9 Å². The zero-order valence-corrected chi connectivity index (χ0v) is 25.1. The molecule has 1 fully saturated rings. The molecule has 3 aromatic heterocycles. The second kappa shape index (κ2) is 11.3. The Kier molecular flexibility index (Phi) is 7.58. The minimum absolute atomic E-state index is 0.153. The second-order valence-electron chi connectivity index (χ2n) is 11.4. The van der Waals surface area contributed by atoms with Crippen molar-refractivity contribution in [2.24, 2.45) is 5.92 Å². The van der Waals surface area contributed by atoms with Crippen LogP contribution in [0.4, 0.5) is 14.7 Å². The molecule has 2 N–H and O–H groups in total. The van der Waals surface area contributed by atoms with Gasteiger partial charge in [-0.1, -0.05) is 35.1 Å². The topological polar surface area (TPSA) is 127 Å². The van der Waals surface area contributed by atoms with Crippen LogP contribution < -0.4 is 10.6 Å². The maximum absolute atomic E-state index is 12.8. The molecule has 1 aliphatic carbocycles. The van der Waals surface area contributed by atoms with Gasteiger partial charge in [-0.05, 0) is 58.1 Å². The number of hydrogen-bond donors (Lipinski definition) is 2. The first kappa shape index (κ1) is 28.1. The zero-order chi connectivity index (χ0) is 29.4. The molecule has 218 valence electrons. The number of rotatable bonds is 5. The number of anilines is 1. The monoisotopic (exact) mass is 606 g/mol. The number of carbonyl (C=O) groups is 2. The van der Waals surface area contributed by atoms with Crippen LogP contribution >= 0.6 is 22.9 Å². The van der Waals surface area contributed by atoms with Crippen LogP contribution in [0, 0.1) is 5.92 Å². The van der Waals surface area contributed by atoms with Gasteiger partial charge in [0.25, 0.3) is 0 Å². The van der Waals surface area contributed by atoms with Gasteiger partial charge in [-0.2, -0.15) is 5.10 Å². The summed E-state index contributed by atoms with van der Waals surface area (Å²) in [7, 11) is 0. The third-order valence-electron chi connectivity index (χ3n) is 7.13. The minimum atomic E-state index is -0.538. The van der Waals surface area contributed by atoms with Crippen molar-refractivity contribution in [1.82, 2.24) is 34.9 Å². The molecule has 11 nitrogen and oxygen atoms in total. The number of amides is 3. The lowest BCUT2D eigenvalue weighted by molar-refractivity contribution is 0.0288. The lowest BCUT2D eigenvalue weighted by atomic mass is 9.96. The van der Waals surface area contributed by atoms with Gasteiger partial charge in [0.05, 0.1) is 32.7 Å². The predicted octanol–water partition coefficient (Wildman–Crippen LogP) is 5.58. The number of thiazole rings is 1. The third-order valence-corrected chi connectivity index (χ3v) is 8.47. The number of likely N-dealkylation sites (tertiary alicyclic amines) is 1. The van der Waals surface area contributed by atoms with Crippen LogP contribution in [0.5, 0.6) is 0 Å². The summed E-state index contributed by atoms with van der Waals surface area (Å²) in [5.41, 5.74) is 4.70. The Morgan fingerprint density at radius 1 is 1.17 bits per heavy atom. The van der Waals surface area contributed by atoms with Gasteiger partial charge in [-0.25, -0.2) is 29.2 Å². The van der Waals surface area contributed by atoms with Crippen LogP contribution in [0.25, 0.3) is 27.5 Å². The van der Waals surface area contributed by atoms with E-state index in [1.54, 1.807) is 17.3 Å². The van der Waals surface area contributed by atoms with Gasteiger partial charge < -0.3 is 15.0 Å².